The second-order valence-corrected chi connectivity index (χ2v) is 13.7. The highest BCUT2D eigenvalue weighted by atomic mass is 19.1. The van der Waals surface area contributed by atoms with Gasteiger partial charge in [-0.25, -0.2) is 17.6 Å². The summed E-state index contributed by atoms with van der Waals surface area (Å²) in [4.78, 5) is 4.05. The van der Waals surface area contributed by atoms with E-state index < -0.39 is 5.41 Å². The van der Waals surface area contributed by atoms with Crippen LogP contribution in [-0.2, 0) is 5.41 Å². The van der Waals surface area contributed by atoms with Gasteiger partial charge in [-0.05, 0) is 155 Å². The van der Waals surface area contributed by atoms with E-state index in [1.165, 1.54) is 48.5 Å². The quantitative estimate of drug-likeness (QED) is 0.152. The lowest BCUT2D eigenvalue weighted by atomic mass is 9.73. The minimum Gasteiger partial charge on any atom is -0.310 e. The zero-order chi connectivity index (χ0) is 37.0. The Labute approximate surface area is 310 Å². The van der Waals surface area contributed by atoms with Crippen molar-refractivity contribution in [3.8, 4) is 11.1 Å². The maximum Gasteiger partial charge on any atom is 0.123 e. The first-order valence-corrected chi connectivity index (χ1v) is 17.7. The van der Waals surface area contributed by atoms with Crippen LogP contribution >= 0.6 is 0 Å². The first-order valence-electron chi connectivity index (χ1n) is 17.7. The molecule has 1 aliphatic rings. The van der Waals surface area contributed by atoms with Crippen molar-refractivity contribution in [2.24, 2.45) is 0 Å². The average Bonchev–Trinajstić information content (AvgIpc) is 3.46. The first-order chi connectivity index (χ1) is 26.3. The highest BCUT2D eigenvalue weighted by molar-refractivity contribution is 6.10. The molecule has 0 saturated carbocycles. The number of nitrogens with zero attached hydrogens (tertiary/aromatic N) is 2. The van der Waals surface area contributed by atoms with Gasteiger partial charge in [0.2, 0.25) is 0 Å². The van der Waals surface area contributed by atoms with E-state index in [2.05, 4.69) is 55.5 Å². The van der Waals surface area contributed by atoms with E-state index in [4.69, 9.17) is 0 Å². The standard InChI is InChI=1S/C48H32F4N2/c1-48(31-7-3-2-4-8-31)44-29-40(53(36-19-11-32(49)12-20-36)37-21-13-33(50)14-22-37)27-28-43(44)47-42-10-6-5-9-41(42)46(30-45(47)48)54(38-23-15-34(51)16-24-38)39-25-17-35(52)18-26-39/h2-30H,1H3. The van der Waals surface area contributed by atoms with Gasteiger partial charge in [-0.3, -0.25) is 0 Å². The normalized spacial score (nSPS) is 14.5. The smallest absolute Gasteiger partial charge is 0.123 e. The Kier molecular flexibility index (Phi) is 8.04. The van der Waals surface area contributed by atoms with E-state index in [0.29, 0.717) is 0 Å². The molecule has 0 aliphatic heterocycles. The lowest BCUT2D eigenvalue weighted by Crippen LogP contribution is -2.23. The zero-order valence-electron chi connectivity index (χ0n) is 29.1. The Morgan fingerprint density at radius 1 is 0.389 bits per heavy atom. The summed E-state index contributed by atoms with van der Waals surface area (Å²) >= 11 is 0. The summed E-state index contributed by atoms with van der Waals surface area (Å²) in [5, 5.41) is 2.00. The molecule has 0 aromatic heterocycles. The Bertz CT molecular complexity index is 2550. The molecular formula is C48H32F4N2. The molecule has 1 aliphatic carbocycles. The van der Waals surface area contributed by atoms with Crippen molar-refractivity contribution < 1.29 is 17.6 Å². The van der Waals surface area contributed by atoms with E-state index in [9.17, 15) is 17.6 Å². The molecular weight excluding hydrogens is 681 g/mol. The highest BCUT2D eigenvalue weighted by Crippen LogP contribution is 2.58. The lowest BCUT2D eigenvalue weighted by molar-refractivity contribution is 0.627. The molecule has 0 saturated heterocycles. The van der Waals surface area contributed by atoms with Crippen LogP contribution in [-0.4, -0.2) is 0 Å². The molecule has 8 aromatic carbocycles. The molecule has 54 heavy (non-hydrogen) atoms. The fraction of sp³-hybridized carbons (Fsp3) is 0.0417. The Balaban J connectivity index is 1.32. The Hall–Kier alpha value is -6.66. The average molecular weight is 713 g/mol. The molecule has 1 atom stereocenters. The number of hydrogen-bond donors (Lipinski definition) is 0. The number of benzene rings is 8. The van der Waals surface area contributed by atoms with Gasteiger partial charge in [0.15, 0.2) is 0 Å². The number of anilines is 6. The van der Waals surface area contributed by atoms with Gasteiger partial charge >= 0.3 is 0 Å². The van der Waals surface area contributed by atoms with E-state index in [1.807, 2.05) is 40.1 Å². The number of halogens is 4. The van der Waals surface area contributed by atoms with E-state index >= 15 is 0 Å². The molecule has 6 heteroatoms. The van der Waals surface area contributed by atoms with Crippen LogP contribution in [0.2, 0.25) is 0 Å². The first kappa shape index (κ1) is 33.2. The molecule has 0 heterocycles. The maximum absolute atomic E-state index is 14.3. The van der Waals surface area contributed by atoms with Crippen LogP contribution in [0.25, 0.3) is 21.9 Å². The summed E-state index contributed by atoms with van der Waals surface area (Å²) in [5.74, 6) is -1.40. The van der Waals surface area contributed by atoms with Crippen molar-refractivity contribution in [2.45, 2.75) is 12.3 Å². The molecule has 262 valence electrons. The highest BCUT2D eigenvalue weighted by Gasteiger charge is 2.43. The molecule has 0 radical (unpaired) electrons. The predicted molar refractivity (Wildman–Crippen MR) is 211 cm³/mol. The molecule has 2 nitrogen and oxygen atoms in total. The molecule has 0 fully saturated rings. The molecule has 0 bridgehead atoms. The third-order valence-corrected chi connectivity index (χ3v) is 10.6. The summed E-state index contributed by atoms with van der Waals surface area (Å²) in [6, 6.07) is 52.4. The van der Waals surface area contributed by atoms with Gasteiger partial charge in [-0.2, -0.15) is 0 Å². The van der Waals surface area contributed by atoms with E-state index in [0.717, 1.165) is 72.7 Å². The van der Waals surface area contributed by atoms with Gasteiger partial charge in [-0.1, -0.05) is 60.7 Å². The summed E-state index contributed by atoms with van der Waals surface area (Å²) < 4.78 is 57.0. The van der Waals surface area contributed by atoms with E-state index in [1.54, 1.807) is 48.5 Å². The fourth-order valence-corrected chi connectivity index (χ4v) is 7.99. The van der Waals surface area contributed by atoms with Gasteiger partial charge in [0.1, 0.15) is 23.3 Å². The van der Waals surface area contributed by atoms with Gasteiger partial charge in [0.25, 0.3) is 0 Å². The lowest BCUT2D eigenvalue weighted by Gasteiger charge is -2.32. The van der Waals surface area contributed by atoms with Gasteiger partial charge in [-0.15, -0.1) is 0 Å². The number of hydrogen-bond acceptors (Lipinski definition) is 2. The van der Waals surface area contributed by atoms with Gasteiger partial charge in [0, 0.05) is 39.2 Å². The SMILES string of the molecule is CC1(c2ccccc2)c2cc(N(c3ccc(F)cc3)c3ccc(F)cc3)ccc2-c2c1cc(N(c1ccc(F)cc1)c1ccc(F)cc1)c1ccccc21. The minimum atomic E-state index is -0.671. The van der Waals surface area contributed by atoms with Crippen molar-refractivity contribution in [1.82, 2.24) is 0 Å². The maximum atomic E-state index is 14.3. The summed E-state index contributed by atoms with van der Waals surface area (Å²) in [5.41, 5.74) is 9.27. The second-order valence-electron chi connectivity index (χ2n) is 13.7. The van der Waals surface area contributed by atoms with Crippen molar-refractivity contribution >= 4 is 44.9 Å². The number of fused-ring (bicyclic) bond motifs is 5. The largest absolute Gasteiger partial charge is 0.310 e. The molecule has 1 unspecified atom stereocenters. The van der Waals surface area contributed by atoms with Gasteiger partial charge in [0.05, 0.1) is 5.69 Å². The molecule has 9 rings (SSSR count). The third kappa shape index (κ3) is 5.50. The monoisotopic (exact) mass is 712 g/mol. The van der Waals surface area contributed by atoms with Crippen LogP contribution in [0.5, 0.6) is 0 Å². The molecule has 0 amide bonds. The predicted octanol–water partition coefficient (Wildman–Crippen LogP) is 13.7. The van der Waals surface area contributed by atoms with Crippen LogP contribution in [0.1, 0.15) is 23.6 Å². The third-order valence-electron chi connectivity index (χ3n) is 10.6. The van der Waals surface area contributed by atoms with Crippen LogP contribution in [0.15, 0.2) is 176 Å². The summed E-state index contributed by atoms with van der Waals surface area (Å²) in [7, 11) is 0. The molecule has 8 aromatic rings. The molecule has 0 N–H and O–H groups in total. The van der Waals surface area contributed by atoms with Crippen molar-refractivity contribution in [3.05, 3.63) is 216 Å². The van der Waals surface area contributed by atoms with Crippen molar-refractivity contribution in [2.75, 3.05) is 9.80 Å². The molecule has 0 spiro atoms. The van der Waals surface area contributed by atoms with Crippen LogP contribution < -0.4 is 9.80 Å². The van der Waals surface area contributed by atoms with Crippen LogP contribution in [0.4, 0.5) is 51.7 Å². The van der Waals surface area contributed by atoms with Crippen LogP contribution in [0.3, 0.4) is 0 Å². The van der Waals surface area contributed by atoms with Gasteiger partial charge < -0.3 is 9.80 Å². The van der Waals surface area contributed by atoms with Crippen molar-refractivity contribution in [1.29, 1.82) is 0 Å². The minimum absolute atomic E-state index is 0.350. The topological polar surface area (TPSA) is 6.48 Å². The zero-order valence-corrected chi connectivity index (χ0v) is 29.1. The van der Waals surface area contributed by atoms with E-state index in [-0.39, 0.29) is 23.3 Å². The van der Waals surface area contributed by atoms with Crippen molar-refractivity contribution in [3.63, 3.8) is 0 Å². The number of rotatable bonds is 7. The Morgan fingerprint density at radius 3 is 1.31 bits per heavy atom. The van der Waals surface area contributed by atoms with Crippen LogP contribution in [0, 0.1) is 23.3 Å². The summed E-state index contributed by atoms with van der Waals surface area (Å²) in [6.45, 7) is 2.23. The second kappa shape index (κ2) is 13.1. The fourth-order valence-electron chi connectivity index (χ4n) is 7.99. The summed E-state index contributed by atoms with van der Waals surface area (Å²) in [6.07, 6.45) is 0. The Morgan fingerprint density at radius 2 is 0.815 bits per heavy atom.